The fourth-order valence-corrected chi connectivity index (χ4v) is 7.55. The molecule has 0 heterocycles. The van der Waals surface area contributed by atoms with Crippen LogP contribution >= 0.6 is 0 Å². The second-order valence-electron chi connectivity index (χ2n) is 10.9. The second kappa shape index (κ2) is 7.73. The highest BCUT2D eigenvalue weighted by molar-refractivity contribution is 5.93. The van der Waals surface area contributed by atoms with Gasteiger partial charge < -0.3 is 10.0 Å². The SMILES string of the molecule is C/C=C\C1(O)CCC2C3CCC4=CC(=O)CCC4=C3C(c3ccc(N(C)C)cc3)CC21C. The molecular formula is C29H37NO2. The molecule has 0 aliphatic heterocycles. The second-order valence-corrected chi connectivity index (χ2v) is 10.9. The summed E-state index contributed by atoms with van der Waals surface area (Å²) in [6, 6.07) is 9.04. The Hall–Kier alpha value is -2.13. The van der Waals surface area contributed by atoms with E-state index in [1.807, 2.05) is 19.1 Å². The molecule has 3 nitrogen and oxygen atoms in total. The molecule has 1 aromatic rings. The van der Waals surface area contributed by atoms with Crippen molar-refractivity contribution < 1.29 is 9.90 Å². The van der Waals surface area contributed by atoms with Crippen molar-refractivity contribution in [3.63, 3.8) is 0 Å². The van der Waals surface area contributed by atoms with Gasteiger partial charge >= 0.3 is 0 Å². The normalized spacial score (nSPS) is 36.6. The molecule has 170 valence electrons. The molecule has 5 atom stereocenters. The minimum absolute atomic E-state index is 0.134. The summed E-state index contributed by atoms with van der Waals surface area (Å²) in [6.07, 6.45) is 12.6. The quantitative estimate of drug-likeness (QED) is 0.600. The first-order valence-corrected chi connectivity index (χ1v) is 12.4. The third-order valence-electron chi connectivity index (χ3n) is 9.20. The van der Waals surface area contributed by atoms with Gasteiger partial charge in [0.05, 0.1) is 5.60 Å². The third kappa shape index (κ3) is 3.15. The lowest BCUT2D eigenvalue weighted by Crippen LogP contribution is -2.50. The summed E-state index contributed by atoms with van der Waals surface area (Å²) in [5.74, 6) is 1.60. The van der Waals surface area contributed by atoms with Crippen LogP contribution in [-0.4, -0.2) is 30.6 Å². The first-order valence-electron chi connectivity index (χ1n) is 12.4. The number of anilines is 1. The molecule has 3 heteroatoms. The van der Waals surface area contributed by atoms with E-state index in [1.54, 1.807) is 5.57 Å². The van der Waals surface area contributed by atoms with E-state index in [1.165, 1.54) is 22.4 Å². The van der Waals surface area contributed by atoms with Gasteiger partial charge in [-0.3, -0.25) is 4.79 Å². The van der Waals surface area contributed by atoms with Gasteiger partial charge in [-0.1, -0.05) is 36.8 Å². The van der Waals surface area contributed by atoms with Gasteiger partial charge in [0, 0.05) is 37.5 Å². The van der Waals surface area contributed by atoms with Crippen LogP contribution in [-0.2, 0) is 4.79 Å². The van der Waals surface area contributed by atoms with Gasteiger partial charge in [0.25, 0.3) is 0 Å². The molecular weight excluding hydrogens is 394 g/mol. The summed E-state index contributed by atoms with van der Waals surface area (Å²) in [5.41, 5.74) is 6.07. The highest BCUT2D eigenvalue weighted by atomic mass is 16.3. The Morgan fingerprint density at radius 3 is 2.53 bits per heavy atom. The first-order chi connectivity index (χ1) is 15.3. The fraction of sp³-hybridized carbons (Fsp3) is 0.552. The van der Waals surface area contributed by atoms with Crippen LogP contribution in [0.2, 0.25) is 0 Å². The molecule has 2 saturated carbocycles. The first kappa shape index (κ1) is 21.7. The van der Waals surface area contributed by atoms with Gasteiger partial charge in [0.15, 0.2) is 5.78 Å². The zero-order valence-corrected chi connectivity index (χ0v) is 20.0. The highest BCUT2D eigenvalue weighted by Crippen LogP contribution is 2.67. The molecule has 0 amide bonds. The van der Waals surface area contributed by atoms with Gasteiger partial charge in [-0.2, -0.15) is 0 Å². The number of carbonyl (C=O) groups excluding carboxylic acids is 1. The number of benzene rings is 1. The summed E-state index contributed by atoms with van der Waals surface area (Å²) in [5, 5.41) is 11.8. The van der Waals surface area contributed by atoms with Crippen LogP contribution < -0.4 is 4.90 Å². The lowest BCUT2D eigenvalue weighted by molar-refractivity contribution is -0.114. The van der Waals surface area contributed by atoms with Crippen molar-refractivity contribution in [2.24, 2.45) is 17.3 Å². The third-order valence-corrected chi connectivity index (χ3v) is 9.20. The van der Waals surface area contributed by atoms with Crippen molar-refractivity contribution in [3.8, 4) is 0 Å². The predicted molar refractivity (Wildman–Crippen MR) is 131 cm³/mol. The van der Waals surface area contributed by atoms with E-state index < -0.39 is 5.60 Å². The smallest absolute Gasteiger partial charge is 0.156 e. The van der Waals surface area contributed by atoms with Gasteiger partial charge in [-0.25, -0.2) is 0 Å². The number of fused-ring (bicyclic) bond motifs is 4. The number of ketones is 1. The minimum atomic E-state index is -0.733. The maximum atomic E-state index is 12.2. The lowest BCUT2D eigenvalue weighted by atomic mass is 9.51. The Morgan fingerprint density at radius 1 is 1.09 bits per heavy atom. The molecule has 0 bridgehead atoms. The standard InChI is InChI=1S/C29H37NO2/c1-5-15-29(32)16-14-26-24-12-8-20-17-22(31)11-13-23(20)27(24)25(18-28(26,29)2)19-6-9-21(10-7-19)30(3)4/h5-7,9-10,15,17,24-26,32H,8,11-14,16,18H2,1-4H3/b15-5-. The van der Waals surface area contributed by atoms with Crippen molar-refractivity contribution >= 4 is 11.5 Å². The average Bonchev–Trinajstić information content (AvgIpc) is 3.03. The summed E-state index contributed by atoms with van der Waals surface area (Å²) in [6.45, 7) is 4.38. The van der Waals surface area contributed by atoms with Crippen LogP contribution in [0, 0.1) is 17.3 Å². The Morgan fingerprint density at radius 2 is 1.84 bits per heavy atom. The largest absolute Gasteiger partial charge is 0.385 e. The summed E-state index contributed by atoms with van der Waals surface area (Å²) in [7, 11) is 4.16. The van der Waals surface area contributed by atoms with Gasteiger partial charge in [-0.15, -0.1) is 0 Å². The highest BCUT2D eigenvalue weighted by Gasteiger charge is 2.61. The van der Waals surface area contributed by atoms with Crippen molar-refractivity contribution in [1.29, 1.82) is 0 Å². The van der Waals surface area contributed by atoms with Gasteiger partial charge in [0.2, 0.25) is 0 Å². The van der Waals surface area contributed by atoms with E-state index >= 15 is 0 Å². The summed E-state index contributed by atoms with van der Waals surface area (Å²) < 4.78 is 0. The Labute approximate surface area is 192 Å². The molecule has 1 N–H and O–H groups in total. The van der Waals surface area contributed by atoms with E-state index in [4.69, 9.17) is 0 Å². The molecule has 1 aromatic carbocycles. The predicted octanol–water partition coefficient (Wildman–Crippen LogP) is 5.96. The lowest BCUT2D eigenvalue weighted by Gasteiger charge is -2.54. The van der Waals surface area contributed by atoms with Crippen LogP contribution in [0.1, 0.15) is 70.3 Å². The Bertz CT molecular complexity index is 1010. The van der Waals surface area contributed by atoms with Crippen molar-refractivity contribution in [2.75, 3.05) is 19.0 Å². The zero-order valence-electron chi connectivity index (χ0n) is 20.0. The molecule has 0 aromatic heterocycles. The van der Waals surface area contributed by atoms with Crippen LogP contribution in [0.15, 0.2) is 59.2 Å². The molecule has 4 aliphatic carbocycles. The van der Waals surface area contributed by atoms with E-state index in [0.717, 1.165) is 38.5 Å². The fourth-order valence-electron chi connectivity index (χ4n) is 7.55. The van der Waals surface area contributed by atoms with Crippen molar-refractivity contribution in [3.05, 3.63) is 64.8 Å². The van der Waals surface area contributed by atoms with Crippen molar-refractivity contribution in [2.45, 2.75) is 70.3 Å². The molecule has 0 saturated heterocycles. The van der Waals surface area contributed by atoms with Crippen molar-refractivity contribution in [1.82, 2.24) is 0 Å². The van der Waals surface area contributed by atoms with E-state index in [-0.39, 0.29) is 5.41 Å². The molecule has 4 aliphatic rings. The molecule has 0 radical (unpaired) electrons. The number of rotatable bonds is 3. The summed E-state index contributed by atoms with van der Waals surface area (Å²) in [4.78, 5) is 14.3. The monoisotopic (exact) mass is 431 g/mol. The van der Waals surface area contributed by atoms with Crippen LogP contribution in [0.25, 0.3) is 0 Å². The molecule has 32 heavy (non-hydrogen) atoms. The molecule has 5 rings (SSSR count). The number of nitrogens with zero attached hydrogens (tertiary/aromatic N) is 1. The Balaban J connectivity index is 1.66. The van der Waals surface area contributed by atoms with E-state index in [9.17, 15) is 9.90 Å². The number of hydrogen-bond acceptors (Lipinski definition) is 3. The topological polar surface area (TPSA) is 40.5 Å². The number of aliphatic hydroxyl groups is 1. The number of carbonyl (C=O) groups is 1. The molecule has 2 fully saturated rings. The van der Waals surface area contributed by atoms with Crippen LogP contribution in [0.3, 0.4) is 0 Å². The molecule has 0 spiro atoms. The van der Waals surface area contributed by atoms with E-state index in [0.29, 0.717) is 30.0 Å². The maximum absolute atomic E-state index is 12.2. The van der Waals surface area contributed by atoms with Gasteiger partial charge in [-0.05, 0) is 92.2 Å². The van der Waals surface area contributed by atoms with Crippen LogP contribution in [0.4, 0.5) is 5.69 Å². The molecule has 5 unspecified atom stereocenters. The van der Waals surface area contributed by atoms with Crippen LogP contribution in [0.5, 0.6) is 0 Å². The maximum Gasteiger partial charge on any atom is 0.156 e. The average molecular weight is 432 g/mol. The number of hydrogen-bond donors (Lipinski definition) is 1. The Kier molecular flexibility index (Phi) is 5.24. The van der Waals surface area contributed by atoms with Gasteiger partial charge in [0.1, 0.15) is 0 Å². The number of allylic oxidation sites excluding steroid dienone is 5. The zero-order chi connectivity index (χ0) is 22.7. The van der Waals surface area contributed by atoms with E-state index in [2.05, 4.69) is 56.3 Å². The summed E-state index contributed by atoms with van der Waals surface area (Å²) >= 11 is 0. The minimum Gasteiger partial charge on any atom is -0.385 e.